The number of piperidine rings is 1. The summed E-state index contributed by atoms with van der Waals surface area (Å²) in [6, 6.07) is 5.51. The van der Waals surface area contributed by atoms with Crippen molar-refractivity contribution in [1.82, 2.24) is 10.2 Å². The molecule has 1 aromatic rings. The van der Waals surface area contributed by atoms with Gasteiger partial charge in [0.2, 0.25) is 5.91 Å². The second-order valence-electron chi connectivity index (χ2n) is 6.27. The molecule has 0 radical (unpaired) electrons. The summed E-state index contributed by atoms with van der Waals surface area (Å²) in [6.07, 6.45) is 2.96. The lowest BCUT2D eigenvalue weighted by Gasteiger charge is -2.29. The third-order valence-electron chi connectivity index (χ3n) is 4.51. The van der Waals surface area contributed by atoms with Crippen LogP contribution >= 0.6 is 23.2 Å². The maximum Gasteiger partial charge on any atom is 0.222 e. The average Bonchev–Trinajstić information content (AvgIpc) is 2.51. The zero-order valence-electron chi connectivity index (χ0n) is 13.2. The molecular weight excluding hydrogens is 319 g/mol. The number of hydrogen-bond donors (Lipinski definition) is 1. The fraction of sp³-hybridized carbons (Fsp3) is 0.588. The van der Waals surface area contributed by atoms with E-state index in [-0.39, 0.29) is 5.91 Å². The summed E-state index contributed by atoms with van der Waals surface area (Å²) in [5.74, 6) is 1.28. The zero-order chi connectivity index (χ0) is 16.1. The highest BCUT2D eigenvalue weighted by molar-refractivity contribution is 6.42. The lowest BCUT2D eigenvalue weighted by molar-refractivity contribution is -0.131. The number of carbonyl (C=O) groups excluding carboxylic acids is 1. The molecule has 1 heterocycles. The number of hydrogen-bond acceptors (Lipinski definition) is 2. The summed E-state index contributed by atoms with van der Waals surface area (Å²) in [4.78, 5) is 14.2. The first-order valence-corrected chi connectivity index (χ1v) is 8.61. The van der Waals surface area contributed by atoms with E-state index in [1.165, 1.54) is 12.8 Å². The Balaban J connectivity index is 1.86. The molecule has 1 saturated heterocycles. The van der Waals surface area contributed by atoms with E-state index in [9.17, 15) is 4.79 Å². The average molecular weight is 343 g/mol. The number of rotatable bonds is 5. The van der Waals surface area contributed by atoms with Crippen LogP contribution in [0.3, 0.4) is 0 Å². The quantitative estimate of drug-likeness (QED) is 0.877. The molecule has 1 N–H and O–H groups in total. The maximum absolute atomic E-state index is 12.4. The van der Waals surface area contributed by atoms with Gasteiger partial charge in [-0.3, -0.25) is 4.79 Å². The minimum Gasteiger partial charge on any atom is -0.341 e. The normalized spacial score (nSPS) is 17.3. The zero-order valence-corrected chi connectivity index (χ0v) is 14.8. The second-order valence-corrected chi connectivity index (χ2v) is 7.08. The summed E-state index contributed by atoms with van der Waals surface area (Å²) in [5.41, 5.74) is 1.000. The van der Waals surface area contributed by atoms with Crippen LogP contribution in [0.4, 0.5) is 0 Å². The second kappa shape index (κ2) is 8.19. The van der Waals surface area contributed by atoms with Crippen LogP contribution in [-0.4, -0.2) is 30.9 Å². The van der Waals surface area contributed by atoms with Crippen LogP contribution in [0.25, 0.3) is 0 Å². The van der Waals surface area contributed by atoms with Crippen molar-refractivity contribution >= 4 is 29.1 Å². The first-order valence-electron chi connectivity index (χ1n) is 7.86. The maximum atomic E-state index is 12.4. The van der Waals surface area contributed by atoms with Gasteiger partial charge in [-0.15, -0.1) is 0 Å². The Morgan fingerprint density at radius 1 is 1.32 bits per heavy atom. The highest BCUT2D eigenvalue weighted by Gasteiger charge is 2.23. The third-order valence-corrected chi connectivity index (χ3v) is 5.25. The molecule has 0 bridgehead atoms. The molecule has 22 heavy (non-hydrogen) atoms. The van der Waals surface area contributed by atoms with E-state index in [1.54, 1.807) is 11.0 Å². The van der Waals surface area contributed by atoms with Crippen molar-refractivity contribution in [2.24, 2.45) is 11.8 Å². The standard InChI is InChI=1S/C17H24Cl2N2O/c1-12(14-5-7-20-8-6-14)9-17(22)21(2)11-13-3-4-15(18)16(19)10-13/h3-4,10,12,14,20H,5-9,11H2,1-2H3. The Labute approximate surface area is 143 Å². The molecule has 3 nitrogen and oxygen atoms in total. The predicted octanol–water partition coefficient (Wildman–Crippen LogP) is 3.98. The summed E-state index contributed by atoms with van der Waals surface area (Å²) >= 11 is 11.9. The minimum atomic E-state index is 0.192. The van der Waals surface area contributed by atoms with Gasteiger partial charge in [-0.25, -0.2) is 0 Å². The summed E-state index contributed by atoms with van der Waals surface area (Å²) in [7, 11) is 1.85. The van der Waals surface area contributed by atoms with Crippen molar-refractivity contribution in [2.75, 3.05) is 20.1 Å². The lowest BCUT2D eigenvalue weighted by atomic mass is 9.84. The van der Waals surface area contributed by atoms with Crippen molar-refractivity contribution in [2.45, 2.75) is 32.7 Å². The van der Waals surface area contributed by atoms with Crippen LogP contribution in [0.5, 0.6) is 0 Å². The molecule has 0 spiro atoms. The van der Waals surface area contributed by atoms with E-state index in [0.29, 0.717) is 34.8 Å². The van der Waals surface area contributed by atoms with Crippen LogP contribution in [0.15, 0.2) is 18.2 Å². The molecule has 1 aliphatic rings. The van der Waals surface area contributed by atoms with Gasteiger partial charge in [-0.05, 0) is 55.5 Å². The molecule has 1 fully saturated rings. The minimum absolute atomic E-state index is 0.192. The topological polar surface area (TPSA) is 32.3 Å². The molecule has 1 aromatic carbocycles. The molecule has 1 atom stereocenters. The van der Waals surface area contributed by atoms with E-state index in [1.807, 2.05) is 19.2 Å². The lowest BCUT2D eigenvalue weighted by Crippen LogP contribution is -2.34. The summed E-state index contributed by atoms with van der Waals surface area (Å²) in [5, 5.41) is 4.44. The molecular formula is C17H24Cl2N2O. The fourth-order valence-electron chi connectivity index (χ4n) is 3.01. The van der Waals surface area contributed by atoms with Crippen LogP contribution in [0.1, 0.15) is 31.7 Å². The van der Waals surface area contributed by atoms with Crippen molar-refractivity contribution in [3.63, 3.8) is 0 Å². The van der Waals surface area contributed by atoms with Gasteiger partial charge in [0, 0.05) is 20.0 Å². The molecule has 1 unspecified atom stereocenters. The SMILES string of the molecule is CC(CC(=O)N(C)Cc1ccc(Cl)c(Cl)c1)C1CCNCC1. The van der Waals surface area contributed by atoms with Crippen molar-refractivity contribution < 1.29 is 4.79 Å². The Hall–Kier alpha value is -0.770. The summed E-state index contributed by atoms with van der Waals surface area (Å²) in [6.45, 7) is 4.90. The number of benzene rings is 1. The van der Waals surface area contributed by atoms with E-state index in [2.05, 4.69) is 12.2 Å². The Kier molecular flexibility index (Phi) is 6.54. The molecule has 5 heteroatoms. The van der Waals surface area contributed by atoms with Gasteiger partial charge in [-0.1, -0.05) is 36.2 Å². The van der Waals surface area contributed by atoms with Gasteiger partial charge < -0.3 is 10.2 Å². The van der Waals surface area contributed by atoms with Gasteiger partial charge >= 0.3 is 0 Å². The molecule has 0 aromatic heterocycles. The van der Waals surface area contributed by atoms with Crippen LogP contribution in [-0.2, 0) is 11.3 Å². The number of nitrogens with one attached hydrogen (secondary N) is 1. The van der Waals surface area contributed by atoms with Crippen LogP contribution in [0.2, 0.25) is 10.0 Å². The van der Waals surface area contributed by atoms with Gasteiger partial charge in [0.25, 0.3) is 0 Å². The van der Waals surface area contributed by atoms with E-state index >= 15 is 0 Å². The number of amides is 1. The highest BCUT2D eigenvalue weighted by Crippen LogP contribution is 2.26. The summed E-state index contributed by atoms with van der Waals surface area (Å²) < 4.78 is 0. The van der Waals surface area contributed by atoms with E-state index < -0.39 is 0 Å². The molecule has 0 saturated carbocycles. The smallest absolute Gasteiger partial charge is 0.222 e. The predicted molar refractivity (Wildman–Crippen MR) is 92.3 cm³/mol. The molecule has 122 valence electrons. The molecule has 1 aliphatic heterocycles. The number of halogens is 2. The first kappa shape index (κ1) is 17.6. The van der Waals surface area contributed by atoms with Gasteiger partial charge in [-0.2, -0.15) is 0 Å². The van der Waals surface area contributed by atoms with E-state index in [4.69, 9.17) is 23.2 Å². The highest BCUT2D eigenvalue weighted by atomic mass is 35.5. The monoisotopic (exact) mass is 342 g/mol. The van der Waals surface area contributed by atoms with Crippen molar-refractivity contribution in [3.8, 4) is 0 Å². The van der Waals surface area contributed by atoms with Crippen LogP contribution in [0, 0.1) is 11.8 Å². The van der Waals surface area contributed by atoms with Crippen molar-refractivity contribution in [1.29, 1.82) is 0 Å². The first-order chi connectivity index (χ1) is 10.5. The number of carbonyl (C=O) groups is 1. The van der Waals surface area contributed by atoms with Gasteiger partial charge in [0.05, 0.1) is 10.0 Å². The Morgan fingerprint density at radius 2 is 2.00 bits per heavy atom. The van der Waals surface area contributed by atoms with Crippen molar-refractivity contribution in [3.05, 3.63) is 33.8 Å². The molecule has 2 rings (SSSR count). The van der Waals surface area contributed by atoms with Crippen LogP contribution < -0.4 is 5.32 Å². The third kappa shape index (κ3) is 4.87. The molecule has 1 amide bonds. The Bertz CT molecular complexity index is 515. The largest absolute Gasteiger partial charge is 0.341 e. The fourth-order valence-corrected chi connectivity index (χ4v) is 3.33. The molecule has 0 aliphatic carbocycles. The van der Waals surface area contributed by atoms with Gasteiger partial charge in [0.15, 0.2) is 0 Å². The van der Waals surface area contributed by atoms with Gasteiger partial charge in [0.1, 0.15) is 0 Å². The number of nitrogens with zero attached hydrogens (tertiary/aromatic N) is 1. The van der Waals surface area contributed by atoms with E-state index in [0.717, 1.165) is 18.7 Å². The Morgan fingerprint density at radius 3 is 2.64 bits per heavy atom.